The predicted molar refractivity (Wildman–Crippen MR) is 115 cm³/mol. The predicted octanol–water partition coefficient (Wildman–Crippen LogP) is 2.20. The van der Waals surface area contributed by atoms with Gasteiger partial charge in [-0.05, 0) is 48.4 Å². The van der Waals surface area contributed by atoms with Gasteiger partial charge in [0.2, 0.25) is 0 Å². The van der Waals surface area contributed by atoms with Crippen LogP contribution >= 0.6 is 0 Å². The minimum atomic E-state index is -4.25. The fraction of sp³-hybridized carbons (Fsp3) is 0.318. The summed E-state index contributed by atoms with van der Waals surface area (Å²) < 4.78 is 42.5. The number of hydrogen-bond donors (Lipinski definition) is 4. The Morgan fingerprint density at radius 3 is 2.42 bits per heavy atom. The molecule has 11 heteroatoms. The number of nitrogens with one attached hydrogen (secondary N) is 2. The summed E-state index contributed by atoms with van der Waals surface area (Å²) in [5.74, 6) is -1.63. The maximum absolute atomic E-state index is 12.9. The van der Waals surface area contributed by atoms with Crippen LogP contribution < -0.4 is 16.0 Å². The molecule has 2 aromatic carbocycles. The van der Waals surface area contributed by atoms with E-state index >= 15 is 0 Å². The van der Waals surface area contributed by atoms with Gasteiger partial charge in [0.25, 0.3) is 11.8 Å². The van der Waals surface area contributed by atoms with Crippen molar-refractivity contribution in [2.45, 2.75) is 31.2 Å². The first-order valence-electron chi connectivity index (χ1n) is 10.1. The van der Waals surface area contributed by atoms with E-state index in [0.29, 0.717) is 22.5 Å². The van der Waals surface area contributed by atoms with Gasteiger partial charge in [0.1, 0.15) is 5.84 Å². The number of alkyl halides is 3. The summed E-state index contributed by atoms with van der Waals surface area (Å²) >= 11 is 0. The lowest BCUT2D eigenvalue weighted by atomic mass is 10.1. The number of amidine groups is 1. The van der Waals surface area contributed by atoms with E-state index < -0.39 is 36.6 Å². The zero-order chi connectivity index (χ0) is 24.2. The largest absolute Gasteiger partial charge is 0.389 e. The Bertz CT molecular complexity index is 1010. The standard InChI is InChI=1S/C22H23F3N4O4/c23-22(24,25)10-9-13-1-7-16(8-2-13)29-11-12-33-18(21(29)32)17(30)20(31)28-15-5-3-14(4-6-15)19(26)27/h1-8,17-18,30H,9-12H2,(H3,26,27)(H,28,31). The summed E-state index contributed by atoms with van der Waals surface area (Å²) in [5, 5.41) is 20.3. The Hall–Kier alpha value is -3.44. The second-order valence-electron chi connectivity index (χ2n) is 7.49. The average molecular weight is 464 g/mol. The number of aryl methyl sites for hydroxylation is 1. The normalized spacial score (nSPS) is 17.5. The number of ether oxygens (including phenoxy) is 1. The molecule has 0 spiro atoms. The summed E-state index contributed by atoms with van der Waals surface area (Å²) in [5.41, 5.74) is 7.07. The first-order chi connectivity index (χ1) is 15.5. The van der Waals surface area contributed by atoms with Crippen LogP contribution in [0, 0.1) is 5.41 Å². The number of nitrogens with two attached hydrogens (primary N) is 1. The summed E-state index contributed by atoms with van der Waals surface area (Å²) in [4.78, 5) is 26.6. The Labute approximate surface area is 187 Å². The van der Waals surface area contributed by atoms with Crippen molar-refractivity contribution in [1.82, 2.24) is 0 Å². The van der Waals surface area contributed by atoms with E-state index in [4.69, 9.17) is 15.9 Å². The van der Waals surface area contributed by atoms with E-state index in [1.807, 2.05) is 0 Å². The summed E-state index contributed by atoms with van der Waals surface area (Å²) in [6, 6.07) is 12.1. The number of morpholine rings is 1. The van der Waals surface area contributed by atoms with E-state index in [2.05, 4.69) is 5.32 Å². The van der Waals surface area contributed by atoms with E-state index in [1.165, 1.54) is 53.4 Å². The number of amides is 2. The molecule has 176 valence electrons. The van der Waals surface area contributed by atoms with Crippen LogP contribution in [0.2, 0.25) is 0 Å². The van der Waals surface area contributed by atoms with Crippen LogP contribution in [0.25, 0.3) is 0 Å². The molecule has 0 saturated carbocycles. The Morgan fingerprint density at radius 2 is 1.85 bits per heavy atom. The summed E-state index contributed by atoms with van der Waals surface area (Å²) in [6.07, 6.45) is -8.60. The number of anilines is 2. The molecule has 1 saturated heterocycles. The van der Waals surface area contributed by atoms with Gasteiger partial charge < -0.3 is 25.8 Å². The Kier molecular flexibility index (Phi) is 7.34. The van der Waals surface area contributed by atoms with Crippen molar-refractivity contribution in [2.75, 3.05) is 23.4 Å². The fourth-order valence-corrected chi connectivity index (χ4v) is 3.30. The molecule has 2 aromatic rings. The highest BCUT2D eigenvalue weighted by atomic mass is 19.4. The monoisotopic (exact) mass is 464 g/mol. The molecule has 1 aliphatic heterocycles. The van der Waals surface area contributed by atoms with Crippen LogP contribution in [0.5, 0.6) is 0 Å². The molecule has 3 rings (SSSR count). The molecule has 0 bridgehead atoms. The number of aliphatic hydroxyl groups excluding tert-OH is 1. The first-order valence-corrected chi connectivity index (χ1v) is 10.1. The molecule has 0 radical (unpaired) electrons. The maximum atomic E-state index is 12.9. The number of nitrogens with zero attached hydrogens (tertiary/aromatic N) is 1. The fourth-order valence-electron chi connectivity index (χ4n) is 3.30. The van der Waals surface area contributed by atoms with Crippen molar-refractivity contribution < 1.29 is 32.6 Å². The van der Waals surface area contributed by atoms with Gasteiger partial charge in [-0.15, -0.1) is 0 Å². The molecular formula is C22H23F3N4O4. The molecule has 33 heavy (non-hydrogen) atoms. The molecule has 0 aliphatic carbocycles. The van der Waals surface area contributed by atoms with Gasteiger partial charge in [0, 0.05) is 29.9 Å². The van der Waals surface area contributed by atoms with E-state index in [-0.39, 0.29) is 25.4 Å². The third-order valence-corrected chi connectivity index (χ3v) is 5.09. The topological polar surface area (TPSA) is 129 Å². The molecule has 2 atom stereocenters. The minimum Gasteiger partial charge on any atom is -0.384 e. The molecule has 2 amide bonds. The van der Waals surface area contributed by atoms with E-state index in [1.54, 1.807) is 0 Å². The Balaban J connectivity index is 1.64. The molecule has 0 aromatic heterocycles. The van der Waals surface area contributed by atoms with E-state index in [9.17, 15) is 27.9 Å². The SMILES string of the molecule is N=C(N)c1ccc(NC(=O)C(O)C2OCCN(c3ccc(CCC(F)(F)F)cc3)C2=O)cc1. The maximum Gasteiger partial charge on any atom is 0.389 e. The van der Waals surface area contributed by atoms with Gasteiger partial charge in [0.15, 0.2) is 12.2 Å². The lowest BCUT2D eigenvalue weighted by molar-refractivity contribution is -0.150. The number of benzene rings is 2. The van der Waals surface area contributed by atoms with Crippen LogP contribution in [-0.4, -0.2) is 54.3 Å². The lowest BCUT2D eigenvalue weighted by Crippen LogP contribution is -2.55. The van der Waals surface area contributed by atoms with Crippen molar-refractivity contribution in [3.8, 4) is 0 Å². The molecule has 1 fully saturated rings. The summed E-state index contributed by atoms with van der Waals surface area (Å²) in [6.45, 7) is 0.224. The van der Waals surface area contributed by atoms with Crippen molar-refractivity contribution in [3.05, 3.63) is 59.7 Å². The van der Waals surface area contributed by atoms with Gasteiger partial charge in [-0.2, -0.15) is 13.2 Å². The molecule has 8 nitrogen and oxygen atoms in total. The van der Waals surface area contributed by atoms with Crippen LogP contribution in [-0.2, 0) is 20.7 Å². The van der Waals surface area contributed by atoms with Gasteiger partial charge in [-0.3, -0.25) is 15.0 Å². The van der Waals surface area contributed by atoms with Crippen LogP contribution in [0.4, 0.5) is 24.5 Å². The number of carbonyl (C=O) groups excluding carboxylic acids is 2. The highest BCUT2D eigenvalue weighted by Gasteiger charge is 2.39. The minimum absolute atomic E-state index is 0.0594. The van der Waals surface area contributed by atoms with Gasteiger partial charge in [-0.1, -0.05) is 12.1 Å². The smallest absolute Gasteiger partial charge is 0.384 e. The van der Waals surface area contributed by atoms with Crippen LogP contribution in [0.3, 0.4) is 0 Å². The zero-order valence-corrected chi connectivity index (χ0v) is 17.4. The number of aliphatic hydroxyl groups is 1. The molecule has 2 unspecified atom stereocenters. The second kappa shape index (κ2) is 10.0. The highest BCUT2D eigenvalue weighted by Crippen LogP contribution is 2.25. The number of nitrogen functional groups attached to an aromatic ring is 1. The highest BCUT2D eigenvalue weighted by molar-refractivity contribution is 6.04. The quantitative estimate of drug-likeness (QED) is 0.369. The molecule has 5 N–H and O–H groups in total. The Morgan fingerprint density at radius 1 is 1.21 bits per heavy atom. The number of halogens is 3. The third-order valence-electron chi connectivity index (χ3n) is 5.09. The zero-order valence-electron chi connectivity index (χ0n) is 17.4. The number of carbonyl (C=O) groups is 2. The van der Waals surface area contributed by atoms with Crippen molar-refractivity contribution >= 4 is 29.0 Å². The lowest BCUT2D eigenvalue weighted by Gasteiger charge is -2.34. The van der Waals surface area contributed by atoms with Crippen LogP contribution in [0.1, 0.15) is 17.5 Å². The number of rotatable bonds is 7. The van der Waals surface area contributed by atoms with Gasteiger partial charge in [-0.25, -0.2) is 0 Å². The van der Waals surface area contributed by atoms with Gasteiger partial charge >= 0.3 is 6.18 Å². The third kappa shape index (κ3) is 6.30. The van der Waals surface area contributed by atoms with Crippen LogP contribution in [0.15, 0.2) is 48.5 Å². The van der Waals surface area contributed by atoms with Crippen molar-refractivity contribution in [2.24, 2.45) is 5.73 Å². The molecule has 1 heterocycles. The average Bonchev–Trinajstić information content (AvgIpc) is 2.77. The number of hydrogen-bond acceptors (Lipinski definition) is 5. The van der Waals surface area contributed by atoms with Crippen molar-refractivity contribution in [3.63, 3.8) is 0 Å². The molecular weight excluding hydrogens is 441 g/mol. The first kappa shape index (κ1) is 24.2. The molecule has 1 aliphatic rings. The van der Waals surface area contributed by atoms with Crippen molar-refractivity contribution in [1.29, 1.82) is 5.41 Å². The van der Waals surface area contributed by atoms with Gasteiger partial charge in [0.05, 0.1) is 6.61 Å². The summed E-state index contributed by atoms with van der Waals surface area (Å²) in [7, 11) is 0. The van der Waals surface area contributed by atoms with E-state index in [0.717, 1.165) is 0 Å². The second-order valence-corrected chi connectivity index (χ2v) is 7.49.